The number of benzene rings is 2. The highest BCUT2D eigenvalue weighted by Crippen LogP contribution is 2.28. The molecule has 1 saturated heterocycles. The third kappa shape index (κ3) is 5.04. The zero-order valence-corrected chi connectivity index (χ0v) is 18.7. The van der Waals surface area contributed by atoms with Crippen molar-refractivity contribution in [3.63, 3.8) is 0 Å². The number of nitrogens with one attached hydrogen (secondary N) is 2. The summed E-state index contributed by atoms with van der Waals surface area (Å²) in [6.07, 6.45) is 7.98. The van der Waals surface area contributed by atoms with Gasteiger partial charge in [-0.3, -0.25) is 9.59 Å². The van der Waals surface area contributed by atoms with Gasteiger partial charge in [0, 0.05) is 40.5 Å². The summed E-state index contributed by atoms with van der Waals surface area (Å²) in [6.45, 7) is 1.93. The molecule has 0 spiro atoms. The van der Waals surface area contributed by atoms with Crippen LogP contribution in [0.5, 0.6) is 0 Å². The number of halogens is 1. The first-order valence-electron chi connectivity index (χ1n) is 10.9. The molecular formula is C24H28BrN3O2. The van der Waals surface area contributed by atoms with Crippen LogP contribution in [0.2, 0.25) is 0 Å². The van der Waals surface area contributed by atoms with Crippen LogP contribution in [-0.4, -0.2) is 30.9 Å². The van der Waals surface area contributed by atoms with Gasteiger partial charge in [-0.2, -0.15) is 0 Å². The first kappa shape index (κ1) is 20.9. The van der Waals surface area contributed by atoms with Crippen LogP contribution in [0.1, 0.15) is 65.7 Å². The Bertz CT molecular complexity index is 901. The Kier molecular flexibility index (Phi) is 6.72. The highest BCUT2D eigenvalue weighted by atomic mass is 79.9. The molecule has 6 heteroatoms. The van der Waals surface area contributed by atoms with Crippen molar-refractivity contribution in [3.8, 4) is 0 Å². The van der Waals surface area contributed by atoms with Crippen molar-refractivity contribution in [1.82, 2.24) is 5.32 Å². The summed E-state index contributed by atoms with van der Waals surface area (Å²) in [5.74, 6) is -0.224. The quantitative estimate of drug-likeness (QED) is 0.618. The molecule has 2 fully saturated rings. The van der Waals surface area contributed by atoms with Gasteiger partial charge >= 0.3 is 0 Å². The lowest BCUT2D eigenvalue weighted by Gasteiger charge is -2.25. The molecule has 0 unspecified atom stereocenters. The molecule has 0 radical (unpaired) electrons. The third-order valence-corrected chi connectivity index (χ3v) is 6.52. The first-order valence-corrected chi connectivity index (χ1v) is 11.7. The van der Waals surface area contributed by atoms with Crippen molar-refractivity contribution in [2.45, 2.75) is 51.0 Å². The van der Waals surface area contributed by atoms with Crippen molar-refractivity contribution in [2.24, 2.45) is 0 Å². The van der Waals surface area contributed by atoms with Crippen molar-refractivity contribution < 1.29 is 9.59 Å². The van der Waals surface area contributed by atoms with Gasteiger partial charge in [-0.25, -0.2) is 0 Å². The van der Waals surface area contributed by atoms with E-state index < -0.39 is 0 Å². The molecule has 0 atom stereocenters. The maximum absolute atomic E-state index is 13.2. The molecule has 2 aromatic carbocycles. The summed E-state index contributed by atoms with van der Waals surface area (Å²) in [6, 6.07) is 13.2. The maximum atomic E-state index is 13.2. The molecular weight excluding hydrogens is 442 g/mol. The summed E-state index contributed by atoms with van der Waals surface area (Å²) in [5, 5.41) is 6.18. The largest absolute Gasteiger partial charge is 0.371 e. The van der Waals surface area contributed by atoms with Gasteiger partial charge in [0.15, 0.2) is 0 Å². The fraction of sp³-hybridized carbons (Fsp3) is 0.417. The second kappa shape index (κ2) is 9.65. The number of amides is 2. The highest BCUT2D eigenvalue weighted by molar-refractivity contribution is 9.10. The molecule has 2 N–H and O–H groups in total. The van der Waals surface area contributed by atoms with Gasteiger partial charge in [-0.1, -0.05) is 35.2 Å². The Hall–Kier alpha value is -2.34. The molecule has 1 aliphatic heterocycles. The summed E-state index contributed by atoms with van der Waals surface area (Å²) in [4.78, 5) is 28.1. The predicted molar refractivity (Wildman–Crippen MR) is 124 cm³/mol. The van der Waals surface area contributed by atoms with E-state index >= 15 is 0 Å². The van der Waals surface area contributed by atoms with Crippen LogP contribution in [-0.2, 0) is 0 Å². The molecule has 1 aliphatic carbocycles. The van der Waals surface area contributed by atoms with Crippen LogP contribution in [0.3, 0.4) is 0 Å². The second-order valence-corrected chi connectivity index (χ2v) is 9.11. The molecule has 1 saturated carbocycles. The SMILES string of the molecule is O=C(Nc1ccc(N2CCCC2)c(C(=O)NC2CCCCC2)c1)c1ccc(Br)cc1. The lowest BCUT2D eigenvalue weighted by molar-refractivity contribution is 0.0927. The van der Waals surface area contributed by atoms with E-state index in [-0.39, 0.29) is 17.9 Å². The van der Waals surface area contributed by atoms with E-state index in [0.29, 0.717) is 16.8 Å². The van der Waals surface area contributed by atoms with Crippen LogP contribution in [0.4, 0.5) is 11.4 Å². The van der Waals surface area contributed by atoms with E-state index in [0.717, 1.165) is 48.9 Å². The van der Waals surface area contributed by atoms with Gasteiger partial charge in [0.2, 0.25) is 0 Å². The Morgan fingerprint density at radius 2 is 1.57 bits per heavy atom. The van der Waals surface area contributed by atoms with Crippen LogP contribution in [0.25, 0.3) is 0 Å². The summed E-state index contributed by atoms with van der Waals surface area (Å²) < 4.78 is 0.927. The molecule has 5 nitrogen and oxygen atoms in total. The van der Waals surface area contributed by atoms with Gasteiger partial charge in [-0.15, -0.1) is 0 Å². The van der Waals surface area contributed by atoms with Crippen LogP contribution in [0.15, 0.2) is 46.9 Å². The molecule has 30 heavy (non-hydrogen) atoms. The van der Waals surface area contributed by atoms with Crippen LogP contribution in [0, 0.1) is 0 Å². The van der Waals surface area contributed by atoms with Gasteiger partial charge in [-0.05, 0) is 68.1 Å². The number of hydrogen-bond acceptors (Lipinski definition) is 3. The number of anilines is 2. The first-order chi connectivity index (χ1) is 14.6. The smallest absolute Gasteiger partial charge is 0.255 e. The minimum atomic E-state index is -0.185. The van der Waals surface area contributed by atoms with Crippen molar-refractivity contribution in [3.05, 3.63) is 58.1 Å². The Morgan fingerprint density at radius 3 is 2.27 bits per heavy atom. The fourth-order valence-corrected chi connectivity index (χ4v) is 4.61. The average molecular weight is 470 g/mol. The van der Waals surface area contributed by atoms with Crippen LogP contribution < -0.4 is 15.5 Å². The molecule has 2 aromatic rings. The zero-order valence-electron chi connectivity index (χ0n) is 17.1. The standard InChI is InChI=1S/C24H28BrN3O2/c25-18-10-8-17(9-11-18)23(29)27-20-12-13-22(28-14-4-5-15-28)21(16-20)24(30)26-19-6-2-1-3-7-19/h8-13,16,19H,1-7,14-15H2,(H,26,30)(H,27,29). The van der Waals surface area contributed by atoms with E-state index in [1.807, 2.05) is 30.3 Å². The topological polar surface area (TPSA) is 61.4 Å². The normalized spacial score (nSPS) is 17.0. The molecule has 158 valence electrons. The van der Waals surface area contributed by atoms with Crippen molar-refractivity contribution in [1.29, 1.82) is 0 Å². The van der Waals surface area contributed by atoms with Gasteiger partial charge < -0.3 is 15.5 Å². The van der Waals surface area contributed by atoms with Crippen molar-refractivity contribution >= 4 is 39.1 Å². The number of rotatable bonds is 5. The van der Waals surface area contributed by atoms with E-state index in [1.165, 1.54) is 19.3 Å². The Balaban J connectivity index is 1.56. The molecule has 1 heterocycles. The van der Waals surface area contributed by atoms with Gasteiger partial charge in [0.05, 0.1) is 5.56 Å². The maximum Gasteiger partial charge on any atom is 0.255 e. The molecule has 0 aromatic heterocycles. The monoisotopic (exact) mass is 469 g/mol. The van der Waals surface area contributed by atoms with E-state index in [2.05, 4.69) is 31.5 Å². The minimum absolute atomic E-state index is 0.0384. The number of carbonyl (C=O) groups excluding carboxylic acids is 2. The number of nitrogens with zero attached hydrogens (tertiary/aromatic N) is 1. The van der Waals surface area contributed by atoms with E-state index in [1.54, 1.807) is 12.1 Å². The lowest BCUT2D eigenvalue weighted by atomic mass is 9.95. The predicted octanol–water partition coefficient (Wildman–Crippen LogP) is 5.36. The minimum Gasteiger partial charge on any atom is -0.371 e. The number of carbonyl (C=O) groups is 2. The summed E-state index contributed by atoms with van der Waals surface area (Å²) in [7, 11) is 0. The molecule has 0 bridgehead atoms. The van der Waals surface area contributed by atoms with Crippen molar-refractivity contribution in [2.75, 3.05) is 23.3 Å². The molecule has 2 aliphatic rings. The summed E-state index contributed by atoms with van der Waals surface area (Å²) in [5.41, 5.74) is 2.83. The Morgan fingerprint density at radius 1 is 0.867 bits per heavy atom. The number of hydrogen-bond donors (Lipinski definition) is 2. The summed E-state index contributed by atoms with van der Waals surface area (Å²) >= 11 is 3.39. The van der Waals surface area contributed by atoms with Crippen LogP contribution >= 0.6 is 15.9 Å². The van der Waals surface area contributed by atoms with E-state index in [9.17, 15) is 9.59 Å². The Labute approximate surface area is 186 Å². The zero-order chi connectivity index (χ0) is 20.9. The lowest BCUT2D eigenvalue weighted by Crippen LogP contribution is -2.37. The van der Waals surface area contributed by atoms with Gasteiger partial charge in [0.25, 0.3) is 11.8 Å². The fourth-order valence-electron chi connectivity index (χ4n) is 4.34. The highest BCUT2D eigenvalue weighted by Gasteiger charge is 2.23. The van der Waals surface area contributed by atoms with Gasteiger partial charge in [0.1, 0.15) is 0 Å². The molecule has 2 amide bonds. The molecule has 4 rings (SSSR count). The van der Waals surface area contributed by atoms with E-state index in [4.69, 9.17) is 0 Å². The third-order valence-electron chi connectivity index (χ3n) is 5.99. The second-order valence-electron chi connectivity index (χ2n) is 8.20. The average Bonchev–Trinajstić information content (AvgIpc) is 3.29.